The highest BCUT2D eigenvalue weighted by Crippen LogP contribution is 2.25. The highest BCUT2D eigenvalue weighted by atomic mass is 127. The van der Waals surface area contributed by atoms with Crippen molar-refractivity contribution in [3.63, 3.8) is 0 Å². The molecule has 8 heteroatoms. The average molecular weight is 504 g/mol. The lowest BCUT2D eigenvalue weighted by Crippen LogP contribution is -2.38. The molecule has 0 saturated heterocycles. The third kappa shape index (κ3) is 4.69. The number of fused-ring (bicyclic) bond motifs is 2. The second-order valence-electron chi connectivity index (χ2n) is 6.56. The van der Waals surface area contributed by atoms with Crippen LogP contribution >= 0.6 is 24.0 Å². The molecular formula is C21H25IN6O. The number of guanidine groups is 1. The monoisotopic (exact) mass is 504 g/mol. The number of hydrogen-bond donors (Lipinski definition) is 2. The predicted molar refractivity (Wildman–Crippen MR) is 126 cm³/mol. The molecule has 3 heterocycles. The minimum atomic E-state index is 0. The van der Waals surface area contributed by atoms with E-state index in [-0.39, 0.29) is 24.0 Å². The summed E-state index contributed by atoms with van der Waals surface area (Å²) in [6, 6.07) is 14.0. The first-order valence-corrected chi connectivity index (χ1v) is 9.54. The number of halogens is 1. The summed E-state index contributed by atoms with van der Waals surface area (Å²) in [5.74, 6) is 2.57. The van der Waals surface area contributed by atoms with Crippen molar-refractivity contribution in [1.82, 2.24) is 25.2 Å². The summed E-state index contributed by atoms with van der Waals surface area (Å²) in [4.78, 5) is 4.68. The molecule has 0 atom stereocenters. The summed E-state index contributed by atoms with van der Waals surface area (Å²) in [6.07, 6.45) is 2.73. The fourth-order valence-corrected chi connectivity index (χ4v) is 3.22. The largest absolute Gasteiger partial charge is 0.459 e. The van der Waals surface area contributed by atoms with Crippen LogP contribution in [0.1, 0.15) is 24.1 Å². The van der Waals surface area contributed by atoms with Crippen molar-refractivity contribution in [3.05, 3.63) is 65.8 Å². The van der Waals surface area contributed by atoms with Gasteiger partial charge in [0.1, 0.15) is 23.7 Å². The highest BCUT2D eigenvalue weighted by molar-refractivity contribution is 14.0. The van der Waals surface area contributed by atoms with Gasteiger partial charge in [-0.15, -0.1) is 34.2 Å². The van der Waals surface area contributed by atoms with Gasteiger partial charge in [-0.3, -0.25) is 4.40 Å². The van der Waals surface area contributed by atoms with Gasteiger partial charge in [0.25, 0.3) is 0 Å². The van der Waals surface area contributed by atoms with Gasteiger partial charge in [0, 0.05) is 36.7 Å². The van der Waals surface area contributed by atoms with Gasteiger partial charge >= 0.3 is 0 Å². The van der Waals surface area contributed by atoms with Crippen molar-refractivity contribution in [3.8, 4) is 0 Å². The Balaban J connectivity index is 0.00000240. The summed E-state index contributed by atoms with van der Waals surface area (Å²) in [6.45, 7) is 6.12. The second kappa shape index (κ2) is 9.73. The van der Waals surface area contributed by atoms with E-state index in [1.54, 1.807) is 0 Å². The smallest absolute Gasteiger partial charge is 0.191 e. The third-order valence-corrected chi connectivity index (χ3v) is 4.69. The third-order valence-electron chi connectivity index (χ3n) is 4.69. The van der Waals surface area contributed by atoms with Gasteiger partial charge in [0.15, 0.2) is 11.6 Å². The summed E-state index contributed by atoms with van der Waals surface area (Å²) in [5, 5.41) is 16.2. The zero-order valence-electron chi connectivity index (χ0n) is 16.6. The van der Waals surface area contributed by atoms with Crippen molar-refractivity contribution < 1.29 is 4.42 Å². The van der Waals surface area contributed by atoms with Gasteiger partial charge in [0.05, 0.1) is 0 Å². The van der Waals surface area contributed by atoms with Crippen molar-refractivity contribution in [1.29, 1.82) is 0 Å². The maximum Gasteiger partial charge on any atom is 0.191 e. The van der Waals surface area contributed by atoms with Gasteiger partial charge in [-0.05, 0) is 32.0 Å². The second-order valence-corrected chi connectivity index (χ2v) is 6.56. The Hall–Kier alpha value is -2.62. The van der Waals surface area contributed by atoms with E-state index < -0.39 is 0 Å². The summed E-state index contributed by atoms with van der Waals surface area (Å²) >= 11 is 0. The molecule has 0 unspecified atom stereocenters. The molecule has 0 aliphatic carbocycles. The molecule has 2 N–H and O–H groups in total. The van der Waals surface area contributed by atoms with Gasteiger partial charge in [-0.25, -0.2) is 4.99 Å². The molecule has 0 aliphatic rings. The lowest BCUT2D eigenvalue weighted by Gasteiger charge is -2.10. The van der Waals surface area contributed by atoms with Crippen LogP contribution in [0.25, 0.3) is 16.6 Å². The quantitative estimate of drug-likeness (QED) is 0.238. The van der Waals surface area contributed by atoms with Crippen LogP contribution in [0.4, 0.5) is 0 Å². The Morgan fingerprint density at radius 1 is 1.10 bits per heavy atom. The fraction of sp³-hybridized carbons (Fsp3) is 0.286. The number of aromatic nitrogens is 3. The summed E-state index contributed by atoms with van der Waals surface area (Å²) in [7, 11) is 0. The van der Waals surface area contributed by atoms with Crippen molar-refractivity contribution >= 4 is 46.6 Å². The molecule has 3 aromatic heterocycles. The molecule has 0 amide bonds. The first-order chi connectivity index (χ1) is 13.8. The van der Waals surface area contributed by atoms with Gasteiger partial charge in [0.2, 0.25) is 0 Å². The van der Waals surface area contributed by atoms with Crippen LogP contribution < -0.4 is 10.6 Å². The van der Waals surface area contributed by atoms with Gasteiger partial charge in [-0.2, -0.15) is 0 Å². The van der Waals surface area contributed by atoms with E-state index in [0.29, 0.717) is 13.1 Å². The summed E-state index contributed by atoms with van der Waals surface area (Å²) < 4.78 is 7.96. The maximum atomic E-state index is 5.95. The van der Waals surface area contributed by atoms with Crippen LogP contribution in [0.3, 0.4) is 0 Å². The lowest BCUT2D eigenvalue weighted by molar-refractivity contribution is 0.548. The number of aryl methyl sites for hydroxylation is 1. The zero-order valence-corrected chi connectivity index (χ0v) is 18.9. The molecule has 0 bridgehead atoms. The van der Waals surface area contributed by atoms with Gasteiger partial charge in [-0.1, -0.05) is 24.3 Å². The minimum Gasteiger partial charge on any atom is -0.459 e. The molecule has 0 fully saturated rings. The zero-order chi connectivity index (χ0) is 19.3. The lowest BCUT2D eigenvalue weighted by atomic mass is 10.1. The molecule has 152 valence electrons. The molecule has 0 aliphatic heterocycles. The molecule has 0 spiro atoms. The van der Waals surface area contributed by atoms with Crippen LogP contribution in [-0.2, 0) is 13.0 Å². The average Bonchev–Trinajstić information content (AvgIpc) is 3.28. The summed E-state index contributed by atoms with van der Waals surface area (Å²) in [5.41, 5.74) is 2.91. The Kier molecular flexibility index (Phi) is 7.08. The molecular weight excluding hydrogens is 479 g/mol. The fourth-order valence-electron chi connectivity index (χ4n) is 3.22. The number of aliphatic imine (C=N–C) groups is 1. The number of nitrogens with one attached hydrogen (secondary N) is 2. The standard InChI is InChI=1S/C21H24N6O.HI/c1-3-22-21(23-12-11-20-26-25-19-10-6-7-13-27(19)20)24-14-18-15(2)16-8-4-5-9-17(16)28-18;/h4-10,13H,3,11-12,14H2,1-2H3,(H2,22,23,24);1H. The van der Waals surface area contributed by atoms with Crippen LogP contribution in [0.15, 0.2) is 58.1 Å². The first kappa shape index (κ1) is 21.1. The van der Waals surface area contributed by atoms with E-state index in [4.69, 9.17) is 4.42 Å². The Morgan fingerprint density at radius 2 is 1.93 bits per heavy atom. The number of nitrogens with zero attached hydrogens (tertiary/aromatic N) is 4. The molecule has 7 nitrogen and oxygen atoms in total. The van der Waals surface area contributed by atoms with Crippen LogP contribution in [-0.4, -0.2) is 33.6 Å². The molecule has 29 heavy (non-hydrogen) atoms. The van der Waals surface area contributed by atoms with Crippen molar-refractivity contribution in [2.24, 2.45) is 4.99 Å². The Bertz CT molecular complexity index is 1120. The number of para-hydroxylation sites is 1. The van der Waals surface area contributed by atoms with Crippen LogP contribution in [0.5, 0.6) is 0 Å². The number of furan rings is 1. The number of hydrogen-bond acceptors (Lipinski definition) is 4. The minimum absolute atomic E-state index is 0. The molecule has 1 aromatic carbocycles. The maximum absolute atomic E-state index is 5.95. The first-order valence-electron chi connectivity index (χ1n) is 9.54. The normalized spacial score (nSPS) is 11.6. The highest BCUT2D eigenvalue weighted by Gasteiger charge is 2.10. The van der Waals surface area contributed by atoms with E-state index in [2.05, 4.69) is 45.7 Å². The Labute approximate surface area is 186 Å². The van der Waals surface area contributed by atoms with E-state index in [1.807, 2.05) is 47.0 Å². The predicted octanol–water partition coefficient (Wildman–Crippen LogP) is 3.70. The van der Waals surface area contributed by atoms with E-state index >= 15 is 0 Å². The van der Waals surface area contributed by atoms with Crippen molar-refractivity contribution in [2.45, 2.75) is 26.8 Å². The molecule has 4 aromatic rings. The van der Waals surface area contributed by atoms with E-state index in [1.165, 1.54) is 0 Å². The number of pyridine rings is 1. The molecule has 0 radical (unpaired) electrons. The topological polar surface area (TPSA) is 79.8 Å². The Morgan fingerprint density at radius 3 is 2.76 bits per heavy atom. The van der Waals surface area contributed by atoms with E-state index in [0.717, 1.165) is 52.7 Å². The van der Waals surface area contributed by atoms with E-state index in [9.17, 15) is 0 Å². The SMILES string of the molecule is CCNC(=NCc1oc2ccccc2c1C)NCCc1nnc2ccccn12.I. The molecule has 0 saturated carbocycles. The number of rotatable bonds is 6. The number of benzene rings is 1. The van der Waals surface area contributed by atoms with Crippen LogP contribution in [0.2, 0.25) is 0 Å². The van der Waals surface area contributed by atoms with Crippen molar-refractivity contribution in [2.75, 3.05) is 13.1 Å². The van der Waals surface area contributed by atoms with Gasteiger partial charge < -0.3 is 15.1 Å². The molecule has 4 rings (SSSR count). The van der Waals surface area contributed by atoms with Crippen LogP contribution in [0, 0.1) is 6.92 Å².